The van der Waals surface area contributed by atoms with Gasteiger partial charge in [-0.15, -0.1) is 0 Å². The van der Waals surface area contributed by atoms with Crippen LogP contribution in [0.3, 0.4) is 0 Å². The molecular formula is C16H24N2. The average molecular weight is 244 g/mol. The average Bonchev–Trinajstić information content (AvgIpc) is 2.99. The molecule has 18 heavy (non-hydrogen) atoms. The predicted octanol–water partition coefficient (Wildman–Crippen LogP) is 2.60. The Morgan fingerprint density at radius 3 is 2.33 bits per heavy atom. The third-order valence-corrected chi connectivity index (χ3v) is 4.73. The largest absolute Gasteiger partial charge is 0.303 e. The van der Waals surface area contributed by atoms with Gasteiger partial charge in [0.15, 0.2) is 0 Å². The van der Waals surface area contributed by atoms with Crippen LogP contribution in [-0.2, 0) is 6.54 Å². The van der Waals surface area contributed by atoms with Gasteiger partial charge in [-0.1, -0.05) is 37.3 Å². The maximum Gasteiger partial charge on any atom is 0.0233 e. The summed E-state index contributed by atoms with van der Waals surface area (Å²) in [7, 11) is 0. The number of benzene rings is 1. The quantitative estimate of drug-likeness (QED) is 0.806. The molecular weight excluding hydrogens is 220 g/mol. The second-order valence-electron chi connectivity index (χ2n) is 6.07. The van der Waals surface area contributed by atoms with E-state index in [2.05, 4.69) is 47.1 Å². The lowest BCUT2D eigenvalue weighted by Gasteiger charge is -2.24. The van der Waals surface area contributed by atoms with Gasteiger partial charge in [0, 0.05) is 19.6 Å². The van der Waals surface area contributed by atoms with Crippen molar-refractivity contribution in [1.82, 2.24) is 9.80 Å². The zero-order valence-electron chi connectivity index (χ0n) is 11.4. The van der Waals surface area contributed by atoms with Crippen molar-refractivity contribution in [3.8, 4) is 0 Å². The summed E-state index contributed by atoms with van der Waals surface area (Å²) < 4.78 is 0. The molecule has 3 rings (SSSR count). The molecule has 2 fully saturated rings. The van der Waals surface area contributed by atoms with Gasteiger partial charge in [-0.3, -0.25) is 4.90 Å². The summed E-state index contributed by atoms with van der Waals surface area (Å²) in [5.41, 5.74) is 2.07. The van der Waals surface area contributed by atoms with E-state index in [0.717, 1.165) is 6.54 Å². The Labute approximate surface area is 111 Å². The highest BCUT2D eigenvalue weighted by Crippen LogP contribution is 2.39. The summed E-state index contributed by atoms with van der Waals surface area (Å²) in [6, 6.07) is 10.9. The highest BCUT2D eigenvalue weighted by atomic mass is 15.2. The zero-order chi connectivity index (χ0) is 12.4. The smallest absolute Gasteiger partial charge is 0.0233 e. The number of hydrogen-bond acceptors (Lipinski definition) is 2. The topological polar surface area (TPSA) is 6.48 Å². The van der Waals surface area contributed by atoms with Crippen molar-refractivity contribution in [2.24, 2.45) is 5.41 Å². The van der Waals surface area contributed by atoms with E-state index >= 15 is 0 Å². The molecule has 2 saturated heterocycles. The summed E-state index contributed by atoms with van der Waals surface area (Å²) >= 11 is 0. The first-order valence-corrected chi connectivity index (χ1v) is 7.28. The normalized spacial score (nSPS) is 29.4. The second-order valence-corrected chi connectivity index (χ2v) is 6.07. The Balaban J connectivity index is 1.59. The minimum absolute atomic E-state index is 0.616. The molecule has 2 heterocycles. The molecule has 0 saturated carbocycles. The first-order valence-electron chi connectivity index (χ1n) is 7.28. The first kappa shape index (κ1) is 12.2. The molecule has 0 unspecified atom stereocenters. The molecule has 1 spiro atoms. The van der Waals surface area contributed by atoms with Crippen molar-refractivity contribution in [3.05, 3.63) is 35.9 Å². The third kappa shape index (κ3) is 2.45. The Morgan fingerprint density at radius 1 is 1.00 bits per heavy atom. The third-order valence-electron chi connectivity index (χ3n) is 4.73. The number of nitrogens with zero attached hydrogens (tertiary/aromatic N) is 2. The van der Waals surface area contributed by atoms with E-state index in [1.54, 1.807) is 0 Å². The lowest BCUT2D eigenvalue weighted by atomic mass is 9.86. The summed E-state index contributed by atoms with van der Waals surface area (Å²) in [5, 5.41) is 0. The van der Waals surface area contributed by atoms with Crippen LogP contribution in [0.5, 0.6) is 0 Å². The maximum atomic E-state index is 2.65. The van der Waals surface area contributed by atoms with E-state index in [0.29, 0.717) is 5.41 Å². The fourth-order valence-corrected chi connectivity index (χ4v) is 3.64. The fraction of sp³-hybridized carbons (Fsp3) is 0.625. The van der Waals surface area contributed by atoms with Crippen LogP contribution >= 0.6 is 0 Å². The molecule has 2 aliphatic heterocycles. The van der Waals surface area contributed by atoms with E-state index in [-0.39, 0.29) is 0 Å². The predicted molar refractivity (Wildman–Crippen MR) is 75.5 cm³/mol. The van der Waals surface area contributed by atoms with Gasteiger partial charge >= 0.3 is 0 Å². The lowest BCUT2D eigenvalue weighted by molar-refractivity contribution is 0.241. The minimum Gasteiger partial charge on any atom is -0.303 e. The van der Waals surface area contributed by atoms with Gasteiger partial charge in [-0.05, 0) is 43.5 Å². The van der Waals surface area contributed by atoms with Gasteiger partial charge in [0.2, 0.25) is 0 Å². The molecule has 1 aromatic carbocycles. The van der Waals surface area contributed by atoms with Gasteiger partial charge in [-0.2, -0.15) is 0 Å². The number of hydrogen-bond donors (Lipinski definition) is 0. The van der Waals surface area contributed by atoms with Crippen LogP contribution in [0.1, 0.15) is 25.3 Å². The van der Waals surface area contributed by atoms with Crippen molar-refractivity contribution in [3.63, 3.8) is 0 Å². The van der Waals surface area contributed by atoms with Crippen LogP contribution in [0.4, 0.5) is 0 Å². The first-order chi connectivity index (χ1) is 8.80. The van der Waals surface area contributed by atoms with Gasteiger partial charge in [0.25, 0.3) is 0 Å². The van der Waals surface area contributed by atoms with Crippen LogP contribution in [0.15, 0.2) is 30.3 Å². The van der Waals surface area contributed by atoms with E-state index in [1.165, 1.54) is 51.1 Å². The zero-order valence-corrected chi connectivity index (χ0v) is 11.4. The molecule has 0 aromatic heterocycles. The van der Waals surface area contributed by atoms with Gasteiger partial charge in [-0.25, -0.2) is 0 Å². The molecule has 2 aliphatic rings. The van der Waals surface area contributed by atoms with E-state index < -0.39 is 0 Å². The highest BCUT2D eigenvalue weighted by Gasteiger charge is 2.42. The molecule has 0 aliphatic carbocycles. The Bertz CT molecular complexity index is 389. The SMILES string of the molecule is CCN1CC[C@@]2(CCN(Cc3ccccc3)C2)C1. The summed E-state index contributed by atoms with van der Waals surface area (Å²) in [6.07, 6.45) is 2.81. The van der Waals surface area contributed by atoms with E-state index in [4.69, 9.17) is 0 Å². The van der Waals surface area contributed by atoms with Gasteiger partial charge < -0.3 is 4.90 Å². The van der Waals surface area contributed by atoms with Crippen LogP contribution in [0.25, 0.3) is 0 Å². The lowest BCUT2D eigenvalue weighted by Crippen LogP contribution is -2.30. The van der Waals surface area contributed by atoms with Crippen molar-refractivity contribution in [1.29, 1.82) is 0 Å². The van der Waals surface area contributed by atoms with Crippen LogP contribution in [-0.4, -0.2) is 42.5 Å². The molecule has 2 heteroatoms. The van der Waals surface area contributed by atoms with E-state index in [9.17, 15) is 0 Å². The molecule has 98 valence electrons. The van der Waals surface area contributed by atoms with Crippen molar-refractivity contribution in [2.45, 2.75) is 26.3 Å². The Morgan fingerprint density at radius 2 is 1.67 bits per heavy atom. The molecule has 0 radical (unpaired) electrons. The van der Waals surface area contributed by atoms with Crippen molar-refractivity contribution in [2.75, 3.05) is 32.7 Å². The summed E-state index contributed by atoms with van der Waals surface area (Å²) in [5.74, 6) is 0. The van der Waals surface area contributed by atoms with Crippen molar-refractivity contribution < 1.29 is 0 Å². The highest BCUT2D eigenvalue weighted by molar-refractivity contribution is 5.15. The van der Waals surface area contributed by atoms with Crippen LogP contribution in [0.2, 0.25) is 0 Å². The standard InChI is InChI=1S/C16H24N2/c1-2-17-10-8-16(13-17)9-11-18(14-16)12-15-6-4-3-5-7-15/h3-7H,2,8-14H2,1H3/t16-/m1/s1. The molecule has 2 nitrogen and oxygen atoms in total. The van der Waals surface area contributed by atoms with Crippen LogP contribution < -0.4 is 0 Å². The van der Waals surface area contributed by atoms with Crippen molar-refractivity contribution >= 4 is 0 Å². The second kappa shape index (κ2) is 5.02. The minimum atomic E-state index is 0.616. The molecule has 1 atom stereocenters. The Hall–Kier alpha value is -0.860. The Kier molecular flexibility index (Phi) is 3.40. The fourth-order valence-electron chi connectivity index (χ4n) is 3.64. The summed E-state index contributed by atoms with van der Waals surface area (Å²) in [6.45, 7) is 9.88. The van der Waals surface area contributed by atoms with Crippen LogP contribution in [0, 0.1) is 5.41 Å². The van der Waals surface area contributed by atoms with Gasteiger partial charge in [0.05, 0.1) is 0 Å². The van der Waals surface area contributed by atoms with Gasteiger partial charge in [0.1, 0.15) is 0 Å². The molecule has 0 bridgehead atoms. The molecule has 0 amide bonds. The monoisotopic (exact) mass is 244 g/mol. The number of likely N-dealkylation sites (tertiary alicyclic amines) is 2. The molecule has 0 N–H and O–H groups in total. The van der Waals surface area contributed by atoms with E-state index in [1.807, 2.05) is 0 Å². The maximum absolute atomic E-state index is 2.65. The summed E-state index contributed by atoms with van der Waals surface area (Å²) in [4.78, 5) is 5.26. The molecule has 1 aromatic rings. The number of rotatable bonds is 3.